The highest BCUT2D eigenvalue weighted by molar-refractivity contribution is 5.97. The third-order valence-corrected chi connectivity index (χ3v) is 16.5. The number of aromatic nitrogens is 6. The summed E-state index contributed by atoms with van der Waals surface area (Å²) in [6, 6.07) is 14.7. The summed E-state index contributed by atoms with van der Waals surface area (Å²) < 4.78 is 131. The van der Waals surface area contributed by atoms with Gasteiger partial charge in [0.1, 0.15) is 11.2 Å². The second kappa shape index (κ2) is 29.6. The minimum absolute atomic E-state index is 0.0495. The molecule has 0 unspecified atom stereocenters. The molecule has 3 fully saturated rings. The molecule has 7 heterocycles. The van der Waals surface area contributed by atoms with Crippen LogP contribution in [0.5, 0.6) is 11.5 Å². The number of carbonyl (C=O) groups excluding carboxylic acids is 5. The van der Waals surface area contributed by atoms with Crippen LogP contribution in [0.15, 0.2) is 97.8 Å². The maximum atomic E-state index is 14.9. The zero-order valence-corrected chi connectivity index (χ0v) is 55.0. The fourth-order valence-electron chi connectivity index (χ4n) is 11.6. The molecule has 0 atom stereocenters. The Labute approximate surface area is 558 Å². The molecule has 3 aliphatic heterocycles. The quantitative estimate of drug-likeness (QED) is 0.0911. The number of imidazole rings is 2. The molecule has 0 spiro atoms. The standard InChI is InChI=1S/C37H41F4N7O5.C31H32F4N6O4/c1-5-22-20-24(44-31-32-43-21-27(48(32)15-12-42-31)26-8-9-28(52-35(40)41)30(39)29(26)38)6-7-25(22)34(50)46-18-16-45(17-19-46)33(49)23-10-13-47(14-11-23)36(51)53-37(2,3)4;1-5-18-16-19(6-7-20(18)28(42)39-12-14-40(15-13-39)30(43)45-31(2,3)4)38-26-27-37-17-22(41(27)11-10-36-26)21-8-9-23(44-29(34)35)25(33)24(21)32/h6-9,12,15,20-21,23,35H,5,10-11,13-14,16-19H2,1-4H3,(H,42,44);6-11,16-17,29H,5,12-15H2,1-4H3,(H,36,38). The first-order valence-corrected chi connectivity index (χ1v) is 31.7. The van der Waals surface area contributed by atoms with E-state index in [0.717, 1.165) is 35.4 Å². The largest absolute Gasteiger partial charge is 0.444 e. The molecule has 3 aliphatic rings. The number of amides is 5. The number of rotatable bonds is 15. The number of benzene rings is 4. The number of ether oxygens (including phenoxy) is 4. The molecule has 4 aromatic carbocycles. The summed E-state index contributed by atoms with van der Waals surface area (Å²) >= 11 is 0. The van der Waals surface area contributed by atoms with Gasteiger partial charge in [0.05, 0.1) is 23.8 Å². The van der Waals surface area contributed by atoms with Gasteiger partial charge in [-0.1, -0.05) is 13.8 Å². The molecule has 0 radical (unpaired) electrons. The number of aryl methyl sites for hydroxylation is 2. The summed E-state index contributed by atoms with van der Waals surface area (Å²) in [6.07, 6.45) is 10.0. The predicted molar refractivity (Wildman–Crippen MR) is 345 cm³/mol. The minimum atomic E-state index is -3.31. The number of nitrogens with zero attached hydrogens (tertiary/aromatic N) is 11. The lowest BCUT2D eigenvalue weighted by Gasteiger charge is -2.39. The molecule has 0 saturated carbocycles. The van der Waals surface area contributed by atoms with Crippen LogP contribution in [0.2, 0.25) is 0 Å². The Kier molecular flexibility index (Phi) is 21.3. The Morgan fingerprint density at radius 2 is 0.878 bits per heavy atom. The van der Waals surface area contributed by atoms with Crippen molar-refractivity contribution in [3.63, 3.8) is 0 Å². The number of hydrogen-bond donors (Lipinski definition) is 2. The second-order valence-electron chi connectivity index (χ2n) is 25.3. The van der Waals surface area contributed by atoms with Crippen molar-refractivity contribution in [1.82, 2.24) is 53.2 Å². The first-order valence-electron chi connectivity index (χ1n) is 31.7. The van der Waals surface area contributed by atoms with Gasteiger partial charge in [-0.15, -0.1) is 0 Å². The summed E-state index contributed by atoms with van der Waals surface area (Å²) in [4.78, 5) is 91.2. The lowest BCUT2D eigenvalue weighted by Crippen LogP contribution is -2.53. The number of piperazine rings is 2. The molecule has 0 aliphatic carbocycles. The summed E-state index contributed by atoms with van der Waals surface area (Å²) in [5.41, 5.74) is 3.19. The van der Waals surface area contributed by atoms with Crippen molar-refractivity contribution >= 4 is 64.2 Å². The summed E-state index contributed by atoms with van der Waals surface area (Å²) in [7, 11) is 0. The normalized spacial score (nSPS) is 14.8. The fraction of sp³-hybridized carbons (Fsp3) is 0.397. The van der Waals surface area contributed by atoms with Crippen LogP contribution in [-0.2, 0) is 27.1 Å². The van der Waals surface area contributed by atoms with Gasteiger partial charge in [0, 0.05) is 130 Å². The fourth-order valence-corrected chi connectivity index (χ4v) is 11.6. The predicted octanol–water partition coefficient (Wildman–Crippen LogP) is 12.8. The molecule has 11 rings (SSSR count). The van der Waals surface area contributed by atoms with Crippen LogP contribution in [0, 0.1) is 29.2 Å². The van der Waals surface area contributed by atoms with Crippen LogP contribution in [0.4, 0.5) is 67.7 Å². The molecule has 30 heteroatoms. The highest BCUT2D eigenvalue weighted by Gasteiger charge is 2.35. The zero-order valence-electron chi connectivity index (χ0n) is 55.0. The molecule has 5 amide bonds. The third kappa shape index (κ3) is 16.1. The Bertz CT molecular complexity index is 4270. The number of piperidine rings is 1. The van der Waals surface area contributed by atoms with Gasteiger partial charge >= 0.3 is 25.4 Å². The van der Waals surface area contributed by atoms with E-state index in [9.17, 15) is 59.1 Å². The van der Waals surface area contributed by atoms with Gasteiger partial charge in [-0.3, -0.25) is 23.2 Å². The van der Waals surface area contributed by atoms with Crippen molar-refractivity contribution in [3.8, 4) is 34.0 Å². The van der Waals surface area contributed by atoms with Crippen LogP contribution < -0.4 is 20.1 Å². The van der Waals surface area contributed by atoms with Gasteiger partial charge in [0.2, 0.25) is 17.5 Å². The van der Waals surface area contributed by atoms with E-state index in [1.807, 2.05) is 51.7 Å². The van der Waals surface area contributed by atoms with Gasteiger partial charge in [-0.2, -0.15) is 26.3 Å². The molecular formula is C68H73F8N13O9. The van der Waals surface area contributed by atoms with Gasteiger partial charge in [-0.05, 0) is 139 Å². The second-order valence-corrected chi connectivity index (χ2v) is 25.3. The lowest BCUT2D eigenvalue weighted by atomic mass is 9.95. The van der Waals surface area contributed by atoms with Crippen molar-refractivity contribution in [2.45, 2.75) is 105 Å². The highest BCUT2D eigenvalue weighted by atomic mass is 19.3. The molecule has 520 valence electrons. The first kappa shape index (κ1) is 70.5. The number of likely N-dealkylation sites (tertiary alicyclic amines) is 1. The Hall–Kier alpha value is -10.3. The van der Waals surface area contributed by atoms with Gasteiger partial charge in [0.25, 0.3) is 11.8 Å². The van der Waals surface area contributed by atoms with E-state index in [-0.39, 0.29) is 57.9 Å². The van der Waals surface area contributed by atoms with Crippen LogP contribution in [0.25, 0.3) is 33.8 Å². The van der Waals surface area contributed by atoms with E-state index in [0.29, 0.717) is 131 Å². The van der Waals surface area contributed by atoms with E-state index in [2.05, 4.69) is 40.0 Å². The SMILES string of the molecule is CCc1cc(Nc2nccn3c(-c4ccc(OC(F)F)c(F)c4F)cnc23)ccc1C(=O)N1CCN(C(=O)C2CCN(C(=O)OC(C)(C)C)CC2)CC1.CCc1cc(Nc2nccn3c(-c4ccc(OC(F)F)c(F)c4F)cnc23)ccc1C(=O)N1CCN(C(=O)OC(C)(C)C)CC1. The molecule has 22 nitrogen and oxygen atoms in total. The molecule has 3 saturated heterocycles. The van der Waals surface area contributed by atoms with Crippen LogP contribution in [-0.4, -0.2) is 173 Å². The van der Waals surface area contributed by atoms with E-state index in [4.69, 9.17) is 9.47 Å². The topological polar surface area (TPSA) is 223 Å². The number of alkyl halides is 4. The molecule has 0 bridgehead atoms. The molecular weight excluding hydrogens is 1290 g/mol. The van der Waals surface area contributed by atoms with Crippen LogP contribution in [0.1, 0.15) is 100 Å². The average Bonchev–Trinajstić information content (AvgIpc) is 1.59. The third-order valence-electron chi connectivity index (χ3n) is 16.5. The van der Waals surface area contributed by atoms with Crippen LogP contribution in [0.3, 0.4) is 0 Å². The molecule has 98 heavy (non-hydrogen) atoms. The Morgan fingerprint density at radius 1 is 0.500 bits per heavy atom. The van der Waals surface area contributed by atoms with Crippen molar-refractivity contribution in [3.05, 3.63) is 143 Å². The van der Waals surface area contributed by atoms with Gasteiger partial charge in [0.15, 0.2) is 46.1 Å². The number of hydrogen-bond acceptors (Lipinski definition) is 15. The maximum Gasteiger partial charge on any atom is 0.410 e. The number of fused-ring (bicyclic) bond motifs is 2. The Morgan fingerprint density at radius 3 is 1.26 bits per heavy atom. The zero-order chi connectivity index (χ0) is 70.5. The first-order chi connectivity index (χ1) is 46.6. The monoisotopic (exact) mass is 1370 g/mol. The van der Waals surface area contributed by atoms with E-state index >= 15 is 0 Å². The van der Waals surface area contributed by atoms with E-state index < -0.39 is 65.3 Å². The smallest absolute Gasteiger partial charge is 0.410 e. The minimum Gasteiger partial charge on any atom is -0.444 e. The van der Waals surface area contributed by atoms with Crippen molar-refractivity contribution < 1.29 is 78.0 Å². The van der Waals surface area contributed by atoms with Crippen molar-refractivity contribution in [2.24, 2.45) is 5.92 Å². The number of halogens is 8. The molecule has 8 aromatic rings. The van der Waals surface area contributed by atoms with Gasteiger partial charge in [-0.25, -0.2) is 38.3 Å². The van der Waals surface area contributed by atoms with E-state index in [1.165, 1.54) is 46.0 Å². The summed E-state index contributed by atoms with van der Waals surface area (Å²) in [6.45, 7) is 12.2. The lowest BCUT2D eigenvalue weighted by molar-refractivity contribution is -0.138. The number of nitrogens with one attached hydrogen (secondary N) is 2. The highest BCUT2D eigenvalue weighted by Crippen LogP contribution is 2.36. The molecule has 4 aromatic heterocycles. The van der Waals surface area contributed by atoms with E-state index in [1.54, 1.807) is 64.6 Å². The van der Waals surface area contributed by atoms with Gasteiger partial charge < -0.3 is 54.1 Å². The van der Waals surface area contributed by atoms with Crippen LogP contribution >= 0.6 is 0 Å². The summed E-state index contributed by atoms with van der Waals surface area (Å²) in [5, 5.41) is 6.37. The Balaban J connectivity index is 0.000000215. The maximum absolute atomic E-state index is 14.9. The average molecular weight is 1370 g/mol. The number of anilines is 4. The molecule has 2 N–H and O–H groups in total. The number of carbonyl (C=O) groups is 5. The van der Waals surface area contributed by atoms with Crippen molar-refractivity contribution in [1.29, 1.82) is 0 Å². The summed E-state index contributed by atoms with van der Waals surface area (Å²) in [5.74, 6) is -7.42. The van der Waals surface area contributed by atoms with Crippen molar-refractivity contribution in [2.75, 3.05) is 76.1 Å².